The van der Waals surface area contributed by atoms with E-state index in [9.17, 15) is 14.9 Å². The summed E-state index contributed by atoms with van der Waals surface area (Å²) in [4.78, 5) is 29.6. The Morgan fingerprint density at radius 2 is 2.07 bits per heavy atom. The third kappa shape index (κ3) is 4.08. The SMILES string of the molecule is CNC(=O)C(C#N)=Cc1c(Oc2cc(C)ccc2C(C)C)nc2ccccn2c1=O. The molecule has 0 saturated carbocycles. The monoisotopic (exact) mass is 402 g/mol. The van der Waals surface area contributed by atoms with Crippen LogP contribution in [0.15, 0.2) is 53.0 Å². The van der Waals surface area contributed by atoms with Crippen molar-refractivity contribution in [2.75, 3.05) is 7.05 Å². The summed E-state index contributed by atoms with van der Waals surface area (Å²) >= 11 is 0. The summed E-state index contributed by atoms with van der Waals surface area (Å²) in [5.41, 5.74) is 1.71. The molecule has 1 aromatic carbocycles. The Bertz CT molecular complexity index is 1250. The lowest BCUT2D eigenvalue weighted by atomic mass is 10.0. The third-order valence-electron chi connectivity index (χ3n) is 4.61. The van der Waals surface area contributed by atoms with Crippen LogP contribution in [-0.2, 0) is 4.79 Å². The highest BCUT2D eigenvalue weighted by Gasteiger charge is 2.18. The molecule has 0 aliphatic heterocycles. The molecule has 7 heteroatoms. The molecule has 30 heavy (non-hydrogen) atoms. The Morgan fingerprint density at radius 3 is 2.73 bits per heavy atom. The van der Waals surface area contributed by atoms with Crippen LogP contribution in [0.25, 0.3) is 11.7 Å². The lowest BCUT2D eigenvalue weighted by molar-refractivity contribution is -0.116. The van der Waals surface area contributed by atoms with E-state index < -0.39 is 11.5 Å². The quantitative estimate of drug-likeness (QED) is 0.520. The number of ether oxygens (including phenoxy) is 1. The summed E-state index contributed by atoms with van der Waals surface area (Å²) < 4.78 is 7.46. The van der Waals surface area contributed by atoms with Gasteiger partial charge >= 0.3 is 0 Å². The number of nitrogens with one attached hydrogen (secondary N) is 1. The Labute approximate surface area is 174 Å². The summed E-state index contributed by atoms with van der Waals surface area (Å²) in [6.07, 6.45) is 2.79. The fraction of sp³-hybridized carbons (Fsp3) is 0.217. The van der Waals surface area contributed by atoms with Crippen molar-refractivity contribution < 1.29 is 9.53 Å². The van der Waals surface area contributed by atoms with Crippen molar-refractivity contribution in [1.29, 1.82) is 5.26 Å². The Hall–Kier alpha value is -3.92. The molecule has 0 fully saturated rings. The van der Waals surface area contributed by atoms with Gasteiger partial charge < -0.3 is 10.1 Å². The van der Waals surface area contributed by atoms with E-state index in [0.717, 1.165) is 11.1 Å². The van der Waals surface area contributed by atoms with Crippen LogP contribution < -0.4 is 15.6 Å². The molecule has 1 amide bonds. The maximum atomic E-state index is 13.1. The van der Waals surface area contributed by atoms with Crippen molar-refractivity contribution in [2.24, 2.45) is 0 Å². The van der Waals surface area contributed by atoms with E-state index >= 15 is 0 Å². The van der Waals surface area contributed by atoms with Gasteiger partial charge in [-0.1, -0.05) is 32.0 Å². The number of benzene rings is 1. The predicted octanol–water partition coefficient (Wildman–Crippen LogP) is 3.57. The van der Waals surface area contributed by atoms with Crippen molar-refractivity contribution in [3.8, 4) is 17.7 Å². The number of hydrogen-bond donors (Lipinski definition) is 1. The Kier molecular flexibility index (Phi) is 5.98. The fourth-order valence-electron chi connectivity index (χ4n) is 3.02. The lowest BCUT2D eigenvalue weighted by Crippen LogP contribution is -2.22. The Morgan fingerprint density at radius 1 is 1.30 bits per heavy atom. The molecule has 0 spiro atoms. The molecule has 0 bridgehead atoms. The second-order valence-electron chi connectivity index (χ2n) is 7.11. The minimum atomic E-state index is -0.598. The highest BCUT2D eigenvalue weighted by molar-refractivity contribution is 6.01. The molecule has 2 heterocycles. The first kappa shape index (κ1) is 20.8. The van der Waals surface area contributed by atoms with E-state index in [1.165, 1.54) is 17.5 Å². The van der Waals surface area contributed by atoms with Gasteiger partial charge in [0.25, 0.3) is 11.5 Å². The number of fused-ring (bicyclic) bond motifs is 1. The van der Waals surface area contributed by atoms with Gasteiger partial charge in [0, 0.05) is 13.2 Å². The molecule has 1 N–H and O–H groups in total. The summed E-state index contributed by atoms with van der Waals surface area (Å²) in [5, 5.41) is 11.8. The van der Waals surface area contributed by atoms with Crippen molar-refractivity contribution in [3.63, 3.8) is 0 Å². The van der Waals surface area contributed by atoms with Crippen LogP contribution in [0.2, 0.25) is 0 Å². The lowest BCUT2D eigenvalue weighted by Gasteiger charge is -2.16. The average molecular weight is 402 g/mol. The zero-order chi connectivity index (χ0) is 21.8. The van der Waals surface area contributed by atoms with E-state index in [1.54, 1.807) is 24.4 Å². The van der Waals surface area contributed by atoms with E-state index in [4.69, 9.17) is 4.74 Å². The molecule has 7 nitrogen and oxygen atoms in total. The molecule has 3 aromatic rings. The van der Waals surface area contributed by atoms with Crippen LogP contribution in [0.1, 0.15) is 36.5 Å². The summed E-state index contributed by atoms with van der Waals surface area (Å²) in [6.45, 7) is 6.03. The van der Waals surface area contributed by atoms with Crippen LogP contribution in [0, 0.1) is 18.3 Å². The first-order chi connectivity index (χ1) is 14.3. The zero-order valence-corrected chi connectivity index (χ0v) is 17.3. The minimum absolute atomic E-state index is 0.0232. The van der Waals surface area contributed by atoms with Gasteiger partial charge in [0.05, 0.1) is 0 Å². The highest BCUT2D eigenvalue weighted by Crippen LogP contribution is 2.32. The number of carbonyl (C=O) groups excluding carboxylic acids is 1. The number of rotatable bonds is 5. The van der Waals surface area contributed by atoms with Gasteiger partial charge in [0.1, 0.15) is 28.6 Å². The third-order valence-corrected chi connectivity index (χ3v) is 4.61. The number of likely N-dealkylation sites (N-methyl/N-ethyl adjacent to an activating group) is 1. The standard InChI is InChI=1S/C23H22N4O3/c1-14(2)17-9-8-15(3)11-19(17)30-22-18(12-16(13-24)21(28)25-4)23(29)27-10-6-5-7-20(27)26-22/h5-12,14H,1-4H3,(H,25,28). The number of pyridine rings is 1. The van der Waals surface area contributed by atoms with Gasteiger partial charge in [0.2, 0.25) is 5.88 Å². The fourth-order valence-corrected chi connectivity index (χ4v) is 3.02. The molecule has 0 unspecified atom stereocenters. The number of aromatic nitrogens is 2. The van der Waals surface area contributed by atoms with E-state index in [0.29, 0.717) is 11.4 Å². The largest absolute Gasteiger partial charge is 0.438 e. The number of aryl methyl sites for hydroxylation is 1. The summed E-state index contributed by atoms with van der Waals surface area (Å²) in [7, 11) is 1.41. The summed E-state index contributed by atoms with van der Waals surface area (Å²) in [6, 6.07) is 12.8. The average Bonchev–Trinajstić information content (AvgIpc) is 2.73. The number of hydrogen-bond acceptors (Lipinski definition) is 5. The van der Waals surface area contributed by atoms with Crippen LogP contribution in [0.4, 0.5) is 0 Å². The second-order valence-corrected chi connectivity index (χ2v) is 7.11. The topological polar surface area (TPSA) is 96.5 Å². The van der Waals surface area contributed by atoms with E-state index in [-0.39, 0.29) is 22.9 Å². The van der Waals surface area contributed by atoms with Gasteiger partial charge in [-0.3, -0.25) is 14.0 Å². The molecule has 0 radical (unpaired) electrons. The molecule has 0 aliphatic carbocycles. The predicted molar refractivity (Wildman–Crippen MR) is 114 cm³/mol. The number of carbonyl (C=O) groups is 1. The van der Waals surface area contributed by atoms with Crippen LogP contribution in [0.5, 0.6) is 11.6 Å². The molecule has 3 rings (SSSR count). The second kappa shape index (κ2) is 8.62. The number of nitrogens with zero attached hydrogens (tertiary/aromatic N) is 3. The van der Waals surface area contributed by atoms with Crippen LogP contribution >= 0.6 is 0 Å². The molecule has 0 atom stereocenters. The van der Waals surface area contributed by atoms with Crippen molar-refractivity contribution in [1.82, 2.24) is 14.7 Å². The normalized spacial score (nSPS) is 11.4. The Balaban J connectivity index is 2.28. The molecule has 0 saturated heterocycles. The summed E-state index contributed by atoms with van der Waals surface area (Å²) in [5.74, 6) is 0.196. The minimum Gasteiger partial charge on any atom is -0.438 e. The molecular formula is C23H22N4O3. The van der Waals surface area contributed by atoms with Crippen molar-refractivity contribution in [3.05, 3.63) is 75.2 Å². The molecule has 152 valence electrons. The van der Waals surface area contributed by atoms with Gasteiger partial charge in [-0.25, -0.2) is 0 Å². The van der Waals surface area contributed by atoms with Gasteiger partial charge in [-0.15, -0.1) is 0 Å². The smallest absolute Gasteiger partial charge is 0.269 e. The van der Waals surface area contributed by atoms with Crippen LogP contribution in [0.3, 0.4) is 0 Å². The molecule has 0 aliphatic rings. The highest BCUT2D eigenvalue weighted by atomic mass is 16.5. The van der Waals surface area contributed by atoms with Crippen LogP contribution in [-0.4, -0.2) is 22.3 Å². The number of amides is 1. The number of nitriles is 1. The molecule has 2 aromatic heterocycles. The van der Waals surface area contributed by atoms with Crippen molar-refractivity contribution in [2.45, 2.75) is 26.7 Å². The van der Waals surface area contributed by atoms with Gasteiger partial charge in [0.15, 0.2) is 0 Å². The van der Waals surface area contributed by atoms with E-state index in [2.05, 4.69) is 10.3 Å². The van der Waals surface area contributed by atoms with Crippen molar-refractivity contribution >= 4 is 17.6 Å². The first-order valence-corrected chi connectivity index (χ1v) is 9.49. The zero-order valence-electron chi connectivity index (χ0n) is 17.3. The van der Waals surface area contributed by atoms with Gasteiger partial charge in [-0.2, -0.15) is 10.2 Å². The maximum Gasteiger partial charge on any atom is 0.269 e. The maximum absolute atomic E-state index is 13.1. The first-order valence-electron chi connectivity index (χ1n) is 9.49. The molecular weight excluding hydrogens is 380 g/mol. The van der Waals surface area contributed by atoms with E-state index in [1.807, 2.05) is 45.0 Å². The van der Waals surface area contributed by atoms with Gasteiger partial charge in [-0.05, 0) is 48.2 Å².